The molecule has 5 rings (SSSR count). The first kappa shape index (κ1) is 23.1. The van der Waals surface area contributed by atoms with Crippen molar-refractivity contribution in [3.8, 4) is 0 Å². The van der Waals surface area contributed by atoms with Crippen LogP contribution in [-0.2, 0) is 16.1 Å². The number of hydrogen-bond donors (Lipinski definition) is 1. The van der Waals surface area contributed by atoms with Crippen LogP contribution in [0.15, 0.2) is 41.2 Å². The lowest BCUT2D eigenvalue weighted by atomic mass is 10.1. The number of nitrogens with zero attached hydrogens (tertiary/aromatic N) is 3. The summed E-state index contributed by atoms with van der Waals surface area (Å²) in [6.45, 7) is 4.34. The molecule has 34 heavy (non-hydrogen) atoms. The number of fused-ring (bicyclic) bond motifs is 2. The van der Waals surface area contributed by atoms with Crippen LogP contribution in [0.3, 0.4) is 0 Å². The van der Waals surface area contributed by atoms with Crippen molar-refractivity contribution in [3.05, 3.63) is 68.2 Å². The summed E-state index contributed by atoms with van der Waals surface area (Å²) in [5.74, 6) is 0.530. The average molecular weight is 499 g/mol. The van der Waals surface area contributed by atoms with Gasteiger partial charge in [-0.1, -0.05) is 29.3 Å². The Hall–Kier alpha value is -2.71. The van der Waals surface area contributed by atoms with Crippen molar-refractivity contribution >= 4 is 57.3 Å². The number of ether oxygens (including phenoxy) is 1. The molecule has 2 aliphatic heterocycles. The van der Waals surface area contributed by atoms with E-state index in [4.69, 9.17) is 32.9 Å². The van der Waals surface area contributed by atoms with Gasteiger partial charge in [0.25, 0.3) is 5.56 Å². The molecule has 3 heterocycles. The fraction of sp³-hybridized carbons (Fsp3) is 0.320. The SMILES string of the molecule is O=C(CCN1CCOCC1)Nc1ccc2c(=O)n3c(nc2c1)C(=Cc1c(Cl)cccc1Cl)CC3. The Morgan fingerprint density at radius 3 is 2.65 bits per heavy atom. The Labute approximate surface area is 206 Å². The smallest absolute Gasteiger partial charge is 0.261 e. The molecule has 0 unspecified atom stereocenters. The second-order valence-corrected chi connectivity index (χ2v) is 9.25. The van der Waals surface area contributed by atoms with Crippen LogP contribution in [0.5, 0.6) is 0 Å². The van der Waals surface area contributed by atoms with E-state index in [2.05, 4.69) is 10.2 Å². The van der Waals surface area contributed by atoms with E-state index in [9.17, 15) is 9.59 Å². The van der Waals surface area contributed by atoms with E-state index in [-0.39, 0.29) is 11.5 Å². The van der Waals surface area contributed by atoms with Crippen LogP contribution >= 0.6 is 23.2 Å². The maximum Gasteiger partial charge on any atom is 0.261 e. The zero-order valence-electron chi connectivity index (χ0n) is 18.5. The van der Waals surface area contributed by atoms with E-state index in [1.807, 2.05) is 6.08 Å². The lowest BCUT2D eigenvalue weighted by Gasteiger charge is -2.26. The van der Waals surface area contributed by atoms with Crippen molar-refractivity contribution in [2.45, 2.75) is 19.4 Å². The minimum Gasteiger partial charge on any atom is -0.379 e. The molecule has 3 aromatic rings. The molecule has 7 nitrogen and oxygen atoms in total. The second-order valence-electron chi connectivity index (χ2n) is 8.43. The van der Waals surface area contributed by atoms with Crippen molar-refractivity contribution in [1.29, 1.82) is 0 Å². The van der Waals surface area contributed by atoms with Crippen molar-refractivity contribution in [3.63, 3.8) is 0 Å². The van der Waals surface area contributed by atoms with Gasteiger partial charge in [0, 0.05) is 53.9 Å². The molecule has 176 valence electrons. The van der Waals surface area contributed by atoms with Gasteiger partial charge in [-0.05, 0) is 48.4 Å². The molecule has 9 heteroatoms. The quantitative estimate of drug-likeness (QED) is 0.567. The minimum absolute atomic E-state index is 0.0716. The van der Waals surface area contributed by atoms with E-state index in [1.54, 1.807) is 41.0 Å². The lowest BCUT2D eigenvalue weighted by Crippen LogP contribution is -2.38. The molecule has 0 saturated carbocycles. The predicted molar refractivity (Wildman–Crippen MR) is 135 cm³/mol. The molecular weight excluding hydrogens is 475 g/mol. The number of carbonyl (C=O) groups is 1. The van der Waals surface area contributed by atoms with E-state index >= 15 is 0 Å². The predicted octanol–water partition coefficient (Wildman–Crippen LogP) is 4.31. The molecule has 1 fully saturated rings. The van der Waals surface area contributed by atoms with Crippen LogP contribution in [0, 0.1) is 0 Å². The van der Waals surface area contributed by atoms with Gasteiger partial charge in [0.15, 0.2) is 0 Å². The van der Waals surface area contributed by atoms with E-state index < -0.39 is 0 Å². The van der Waals surface area contributed by atoms with Gasteiger partial charge in [0.05, 0.1) is 24.1 Å². The average Bonchev–Trinajstić information content (AvgIpc) is 3.23. The summed E-state index contributed by atoms with van der Waals surface area (Å²) in [5.41, 5.74) is 2.67. The van der Waals surface area contributed by atoms with E-state index in [1.165, 1.54) is 0 Å². The molecule has 0 atom stereocenters. The van der Waals surface area contributed by atoms with Gasteiger partial charge in [-0.15, -0.1) is 0 Å². The van der Waals surface area contributed by atoms with Crippen molar-refractivity contribution < 1.29 is 9.53 Å². The molecule has 1 aromatic heterocycles. The number of aromatic nitrogens is 2. The number of nitrogens with one attached hydrogen (secondary N) is 1. The number of halogens is 2. The van der Waals surface area contributed by atoms with Gasteiger partial charge in [-0.25, -0.2) is 4.98 Å². The summed E-state index contributed by atoms with van der Waals surface area (Å²) in [6, 6.07) is 10.6. The Morgan fingerprint density at radius 2 is 1.88 bits per heavy atom. The summed E-state index contributed by atoms with van der Waals surface area (Å²) < 4.78 is 7.02. The number of rotatable bonds is 5. The Morgan fingerprint density at radius 1 is 1.12 bits per heavy atom. The molecule has 0 bridgehead atoms. The number of carbonyl (C=O) groups excluding carboxylic acids is 1. The molecule has 2 aromatic carbocycles. The first-order chi connectivity index (χ1) is 16.5. The van der Waals surface area contributed by atoms with Crippen LogP contribution in [0.4, 0.5) is 5.69 Å². The topological polar surface area (TPSA) is 76.5 Å². The lowest BCUT2D eigenvalue weighted by molar-refractivity contribution is -0.116. The number of hydrogen-bond acceptors (Lipinski definition) is 5. The van der Waals surface area contributed by atoms with Gasteiger partial charge in [-0.3, -0.25) is 19.1 Å². The molecular formula is C25H24Cl2N4O3. The minimum atomic E-state index is -0.0983. The fourth-order valence-corrected chi connectivity index (χ4v) is 4.87. The molecule has 0 aliphatic carbocycles. The summed E-state index contributed by atoms with van der Waals surface area (Å²) >= 11 is 12.7. The van der Waals surface area contributed by atoms with Crippen LogP contribution in [-0.4, -0.2) is 53.2 Å². The largest absolute Gasteiger partial charge is 0.379 e. The summed E-state index contributed by atoms with van der Waals surface area (Å²) in [5, 5.41) is 4.54. The van der Waals surface area contributed by atoms with Gasteiger partial charge in [-0.2, -0.15) is 0 Å². The highest BCUT2D eigenvalue weighted by Gasteiger charge is 2.22. The normalized spacial score (nSPS) is 17.3. The first-order valence-corrected chi connectivity index (χ1v) is 12.0. The maximum atomic E-state index is 13.1. The Balaban J connectivity index is 1.40. The number of morpholine rings is 1. The maximum absolute atomic E-state index is 13.1. The van der Waals surface area contributed by atoms with Gasteiger partial charge >= 0.3 is 0 Å². The van der Waals surface area contributed by atoms with Crippen molar-refractivity contribution in [2.75, 3.05) is 38.2 Å². The Kier molecular flexibility index (Phi) is 6.70. The van der Waals surface area contributed by atoms with Crippen LogP contribution < -0.4 is 10.9 Å². The molecule has 2 aliphatic rings. The van der Waals surface area contributed by atoms with Gasteiger partial charge in [0.2, 0.25) is 5.91 Å². The third kappa shape index (κ3) is 4.74. The molecule has 0 spiro atoms. The number of amides is 1. The third-order valence-corrected chi connectivity index (χ3v) is 6.87. The zero-order valence-corrected chi connectivity index (χ0v) is 20.0. The monoisotopic (exact) mass is 498 g/mol. The van der Waals surface area contributed by atoms with Crippen LogP contribution in [0.1, 0.15) is 24.2 Å². The van der Waals surface area contributed by atoms with E-state index in [0.29, 0.717) is 77.2 Å². The fourth-order valence-electron chi connectivity index (χ4n) is 4.36. The number of benzene rings is 2. The van der Waals surface area contributed by atoms with Gasteiger partial charge in [0.1, 0.15) is 5.82 Å². The first-order valence-electron chi connectivity index (χ1n) is 11.3. The summed E-state index contributed by atoms with van der Waals surface area (Å²) in [7, 11) is 0. The molecule has 1 saturated heterocycles. The molecule has 1 N–H and O–H groups in total. The molecule has 1 amide bonds. The standard InChI is InChI=1S/C25H24Cl2N4O3/c26-20-2-1-3-21(27)19(20)14-16-6-9-31-24(16)29-22-15-17(4-5-18(22)25(31)33)28-23(32)7-8-30-10-12-34-13-11-30/h1-5,14-15H,6-13H2,(H,28,32). The highest BCUT2D eigenvalue weighted by atomic mass is 35.5. The van der Waals surface area contributed by atoms with Crippen LogP contribution in [0.25, 0.3) is 22.6 Å². The third-order valence-electron chi connectivity index (χ3n) is 6.21. The van der Waals surface area contributed by atoms with Gasteiger partial charge < -0.3 is 10.1 Å². The summed E-state index contributed by atoms with van der Waals surface area (Å²) in [4.78, 5) is 32.6. The van der Waals surface area contributed by atoms with E-state index in [0.717, 1.165) is 18.7 Å². The highest BCUT2D eigenvalue weighted by Crippen LogP contribution is 2.33. The zero-order chi connectivity index (χ0) is 23.7. The second kappa shape index (κ2) is 9.88. The summed E-state index contributed by atoms with van der Waals surface area (Å²) in [6.07, 6.45) is 2.95. The highest BCUT2D eigenvalue weighted by molar-refractivity contribution is 6.37. The van der Waals surface area contributed by atoms with Crippen LogP contribution in [0.2, 0.25) is 10.0 Å². The number of allylic oxidation sites excluding steroid dienone is 1. The van der Waals surface area contributed by atoms with Crippen molar-refractivity contribution in [1.82, 2.24) is 14.5 Å². The van der Waals surface area contributed by atoms with Crippen molar-refractivity contribution in [2.24, 2.45) is 0 Å². The number of anilines is 1. The Bertz CT molecular complexity index is 1330. The molecule has 0 radical (unpaired) electrons.